The van der Waals surface area contributed by atoms with Crippen LogP contribution < -0.4 is 14.8 Å². The lowest BCUT2D eigenvalue weighted by Crippen LogP contribution is -2.39. The molecule has 5 rings (SSSR count). The third-order valence-electron chi connectivity index (χ3n) is 5.70. The highest BCUT2D eigenvalue weighted by Gasteiger charge is 2.26. The molecule has 0 aliphatic carbocycles. The minimum Gasteiger partial charge on any atom is -0.454 e. The first-order valence-electron chi connectivity index (χ1n) is 10.4. The number of nitrogens with one attached hydrogen (secondary N) is 1. The summed E-state index contributed by atoms with van der Waals surface area (Å²) in [5.74, 6) is 1.11. The number of ether oxygens (including phenoxy) is 2. The Morgan fingerprint density at radius 3 is 2.84 bits per heavy atom. The standard InChI is InChI=1S/C23H23N3O4S/c1-14(27)16-9-19-20(30-13-29-19)10-18(16)24-22(28)12-26-8-4-5-15(11-26)23-25-17-6-2-3-7-21(17)31-23/h2-3,6-7,9-10,15H,4-5,8,11-13H2,1H3,(H,24,28). The van der Waals surface area contributed by atoms with E-state index in [2.05, 4.69) is 16.3 Å². The van der Waals surface area contributed by atoms with Gasteiger partial charge in [-0.3, -0.25) is 14.5 Å². The lowest BCUT2D eigenvalue weighted by molar-refractivity contribution is -0.117. The zero-order chi connectivity index (χ0) is 21.4. The molecule has 8 heteroatoms. The number of aromatic nitrogens is 1. The fourth-order valence-corrected chi connectivity index (χ4v) is 5.29. The second kappa shape index (κ2) is 8.28. The van der Waals surface area contributed by atoms with Crippen LogP contribution in [0.4, 0.5) is 5.69 Å². The number of hydrogen-bond donors (Lipinski definition) is 1. The third-order valence-corrected chi connectivity index (χ3v) is 6.90. The number of hydrogen-bond acceptors (Lipinski definition) is 7. The van der Waals surface area contributed by atoms with Crippen LogP contribution in [0.15, 0.2) is 36.4 Å². The summed E-state index contributed by atoms with van der Waals surface area (Å²) in [4.78, 5) is 31.8. The summed E-state index contributed by atoms with van der Waals surface area (Å²) < 4.78 is 11.9. The average Bonchev–Trinajstić information content (AvgIpc) is 3.39. The summed E-state index contributed by atoms with van der Waals surface area (Å²) in [6.07, 6.45) is 2.10. The van der Waals surface area contributed by atoms with E-state index >= 15 is 0 Å². The second-order valence-corrected chi connectivity index (χ2v) is 9.01. The van der Waals surface area contributed by atoms with Gasteiger partial charge in [-0.1, -0.05) is 12.1 Å². The number of nitrogens with zero attached hydrogens (tertiary/aromatic N) is 2. The van der Waals surface area contributed by atoms with Crippen LogP contribution in [0, 0.1) is 0 Å². The van der Waals surface area contributed by atoms with Gasteiger partial charge in [0.2, 0.25) is 12.7 Å². The van der Waals surface area contributed by atoms with Crippen molar-refractivity contribution < 1.29 is 19.1 Å². The molecule has 31 heavy (non-hydrogen) atoms. The average molecular weight is 438 g/mol. The monoisotopic (exact) mass is 437 g/mol. The summed E-state index contributed by atoms with van der Waals surface area (Å²) in [6.45, 7) is 3.53. The highest BCUT2D eigenvalue weighted by molar-refractivity contribution is 7.18. The molecule has 2 aromatic carbocycles. The van der Waals surface area contributed by atoms with Gasteiger partial charge in [0, 0.05) is 24.1 Å². The van der Waals surface area contributed by atoms with Gasteiger partial charge in [-0.15, -0.1) is 11.3 Å². The highest BCUT2D eigenvalue weighted by Crippen LogP contribution is 2.37. The number of likely N-dealkylation sites (tertiary alicyclic amines) is 1. The van der Waals surface area contributed by atoms with E-state index in [1.165, 1.54) is 11.6 Å². The predicted molar refractivity (Wildman–Crippen MR) is 119 cm³/mol. The number of rotatable bonds is 5. The van der Waals surface area contributed by atoms with E-state index in [0.717, 1.165) is 36.5 Å². The maximum absolute atomic E-state index is 12.8. The van der Waals surface area contributed by atoms with Crippen molar-refractivity contribution in [2.45, 2.75) is 25.7 Å². The smallest absolute Gasteiger partial charge is 0.238 e. The van der Waals surface area contributed by atoms with Crippen LogP contribution in [-0.2, 0) is 4.79 Å². The fourth-order valence-electron chi connectivity index (χ4n) is 4.19. The van der Waals surface area contributed by atoms with Crippen LogP contribution in [-0.4, -0.2) is 48.0 Å². The van der Waals surface area contributed by atoms with Gasteiger partial charge >= 0.3 is 0 Å². The zero-order valence-electron chi connectivity index (χ0n) is 17.2. The van der Waals surface area contributed by atoms with Gasteiger partial charge in [-0.2, -0.15) is 0 Å². The number of carbonyl (C=O) groups is 2. The summed E-state index contributed by atoms with van der Waals surface area (Å²) >= 11 is 1.74. The van der Waals surface area contributed by atoms with Crippen LogP contribution in [0.2, 0.25) is 0 Å². The number of fused-ring (bicyclic) bond motifs is 2. The molecule has 0 bridgehead atoms. The van der Waals surface area contributed by atoms with Gasteiger partial charge < -0.3 is 14.8 Å². The third kappa shape index (κ3) is 4.13. The number of benzene rings is 2. The van der Waals surface area contributed by atoms with Crippen LogP contribution in [0.5, 0.6) is 11.5 Å². The van der Waals surface area contributed by atoms with Gasteiger partial charge in [-0.25, -0.2) is 4.98 Å². The number of ketones is 1. The quantitative estimate of drug-likeness (QED) is 0.607. The summed E-state index contributed by atoms with van der Waals surface area (Å²) in [7, 11) is 0. The molecule has 0 radical (unpaired) electrons. The minimum atomic E-state index is -0.147. The molecular weight excluding hydrogens is 414 g/mol. The Morgan fingerprint density at radius 2 is 2.03 bits per heavy atom. The summed E-state index contributed by atoms with van der Waals surface area (Å²) in [6, 6.07) is 11.5. The van der Waals surface area contributed by atoms with Gasteiger partial charge in [-0.05, 0) is 44.5 Å². The number of Topliss-reactive ketones (excluding diaryl/α,β-unsaturated/α-hetero) is 1. The topological polar surface area (TPSA) is 80.8 Å². The van der Waals surface area contributed by atoms with Crippen LogP contribution >= 0.6 is 11.3 Å². The molecule has 3 heterocycles. The molecule has 1 atom stereocenters. The van der Waals surface area contributed by atoms with Crippen molar-refractivity contribution in [3.05, 3.63) is 47.0 Å². The molecule has 2 aliphatic heterocycles. The Hall–Kier alpha value is -2.97. The number of thiazole rings is 1. The van der Waals surface area contributed by atoms with Gasteiger partial charge in [0.25, 0.3) is 0 Å². The van der Waals surface area contributed by atoms with E-state index in [-0.39, 0.29) is 25.0 Å². The van der Waals surface area contributed by atoms with E-state index in [0.29, 0.717) is 28.7 Å². The molecule has 2 aliphatic rings. The Morgan fingerprint density at radius 1 is 1.23 bits per heavy atom. The van der Waals surface area contributed by atoms with Crippen LogP contribution in [0.25, 0.3) is 10.2 Å². The van der Waals surface area contributed by atoms with Crippen molar-refractivity contribution in [3.63, 3.8) is 0 Å². The van der Waals surface area contributed by atoms with Crippen molar-refractivity contribution in [2.75, 3.05) is 31.7 Å². The van der Waals surface area contributed by atoms with Gasteiger partial charge in [0.15, 0.2) is 17.3 Å². The molecule has 0 spiro atoms. The molecule has 1 fully saturated rings. The molecule has 0 saturated carbocycles. The van der Waals surface area contributed by atoms with Gasteiger partial charge in [0.05, 0.1) is 27.5 Å². The number of piperidine rings is 1. The van der Waals surface area contributed by atoms with Crippen molar-refractivity contribution in [1.29, 1.82) is 0 Å². The minimum absolute atomic E-state index is 0.116. The number of carbonyl (C=O) groups excluding carboxylic acids is 2. The molecule has 3 aromatic rings. The Bertz CT molecular complexity index is 1130. The first-order valence-corrected chi connectivity index (χ1v) is 11.2. The van der Waals surface area contributed by atoms with E-state index < -0.39 is 0 Å². The molecule has 7 nitrogen and oxygen atoms in total. The van der Waals surface area contributed by atoms with E-state index in [1.54, 1.807) is 23.5 Å². The van der Waals surface area contributed by atoms with E-state index in [9.17, 15) is 9.59 Å². The van der Waals surface area contributed by atoms with Crippen molar-refractivity contribution in [3.8, 4) is 11.5 Å². The number of anilines is 1. The largest absolute Gasteiger partial charge is 0.454 e. The van der Waals surface area contributed by atoms with Crippen molar-refractivity contribution in [2.24, 2.45) is 0 Å². The first kappa shape index (κ1) is 20.0. The molecule has 160 valence electrons. The van der Waals surface area contributed by atoms with Crippen LogP contribution in [0.1, 0.15) is 41.0 Å². The summed E-state index contributed by atoms with van der Waals surface area (Å²) in [5, 5.41) is 4.03. The Balaban J connectivity index is 1.27. The Labute approximate surface area is 184 Å². The van der Waals surface area contributed by atoms with E-state index in [1.807, 2.05) is 18.2 Å². The van der Waals surface area contributed by atoms with Gasteiger partial charge in [0.1, 0.15) is 0 Å². The molecule has 1 amide bonds. The molecule has 1 saturated heterocycles. The molecule has 1 N–H and O–H groups in total. The van der Waals surface area contributed by atoms with E-state index in [4.69, 9.17) is 14.5 Å². The fraction of sp³-hybridized carbons (Fsp3) is 0.348. The predicted octanol–water partition coefficient (Wildman–Crippen LogP) is 4.05. The SMILES string of the molecule is CC(=O)c1cc2c(cc1NC(=O)CN1CCCC(c3nc4ccccc4s3)C1)OCO2. The van der Waals surface area contributed by atoms with Crippen molar-refractivity contribution in [1.82, 2.24) is 9.88 Å². The normalized spacial score (nSPS) is 18.3. The highest BCUT2D eigenvalue weighted by atomic mass is 32.1. The lowest BCUT2D eigenvalue weighted by atomic mass is 9.99. The Kier molecular flexibility index (Phi) is 5.33. The van der Waals surface area contributed by atoms with Crippen LogP contribution in [0.3, 0.4) is 0 Å². The number of para-hydroxylation sites is 1. The van der Waals surface area contributed by atoms with Crippen molar-refractivity contribution >= 4 is 38.9 Å². The molecule has 1 unspecified atom stereocenters. The number of amides is 1. The zero-order valence-corrected chi connectivity index (χ0v) is 18.0. The first-order chi connectivity index (χ1) is 15.1. The molecule has 1 aromatic heterocycles. The maximum Gasteiger partial charge on any atom is 0.238 e. The maximum atomic E-state index is 12.8. The lowest BCUT2D eigenvalue weighted by Gasteiger charge is -2.31. The second-order valence-electron chi connectivity index (χ2n) is 7.95. The summed E-state index contributed by atoms with van der Waals surface area (Å²) in [5.41, 5.74) is 1.92. The molecular formula is C23H23N3O4S.